The van der Waals surface area contributed by atoms with Crippen LogP contribution in [0.3, 0.4) is 0 Å². The summed E-state index contributed by atoms with van der Waals surface area (Å²) in [6, 6.07) is 0. The first kappa shape index (κ1) is 15.4. The van der Waals surface area contributed by atoms with Crippen molar-refractivity contribution in [1.82, 2.24) is 15.1 Å². The maximum atomic E-state index is 11.7. The van der Waals surface area contributed by atoms with E-state index in [1.807, 2.05) is 21.1 Å². The molecule has 4 heteroatoms. The van der Waals surface area contributed by atoms with Crippen molar-refractivity contribution in [1.29, 1.82) is 0 Å². The third kappa shape index (κ3) is 8.68. The normalized spacial score (nSPS) is 11.9. The van der Waals surface area contributed by atoms with Crippen LogP contribution in [0.15, 0.2) is 0 Å². The molecule has 0 rings (SSSR count). The Bertz CT molecular complexity index is 209. The molecule has 4 nitrogen and oxygen atoms in total. The molecule has 0 bridgehead atoms. The second-order valence-corrected chi connectivity index (χ2v) is 5.58. The lowest BCUT2D eigenvalue weighted by atomic mass is 10.1. The van der Waals surface area contributed by atoms with Crippen molar-refractivity contribution in [3.8, 4) is 0 Å². The molecular formula is C12H27N3O. The van der Waals surface area contributed by atoms with Crippen LogP contribution in [-0.2, 0) is 4.79 Å². The highest BCUT2D eigenvalue weighted by molar-refractivity contribution is 5.78. The number of carbonyl (C=O) groups excluding carboxylic acids is 1. The summed E-state index contributed by atoms with van der Waals surface area (Å²) in [4.78, 5) is 15.6. The second-order valence-electron chi connectivity index (χ2n) is 5.58. The second kappa shape index (κ2) is 6.86. The predicted octanol–water partition coefficient (Wildman–Crippen LogP) is 0.785. The van der Waals surface area contributed by atoms with Crippen molar-refractivity contribution in [3.63, 3.8) is 0 Å². The van der Waals surface area contributed by atoms with Gasteiger partial charge in [0.15, 0.2) is 0 Å². The van der Waals surface area contributed by atoms with Crippen molar-refractivity contribution in [2.24, 2.45) is 0 Å². The first-order valence-electron chi connectivity index (χ1n) is 5.86. The minimum Gasteiger partial charge on any atom is -0.345 e. The third-order valence-corrected chi connectivity index (χ3v) is 2.29. The van der Waals surface area contributed by atoms with Gasteiger partial charge in [0.25, 0.3) is 0 Å². The van der Waals surface area contributed by atoms with Crippen LogP contribution < -0.4 is 5.32 Å². The zero-order valence-corrected chi connectivity index (χ0v) is 11.6. The smallest absolute Gasteiger partial charge is 0.236 e. The van der Waals surface area contributed by atoms with E-state index in [1.165, 1.54) is 0 Å². The summed E-state index contributed by atoms with van der Waals surface area (Å²) >= 11 is 0. The first-order chi connectivity index (χ1) is 7.22. The third-order valence-electron chi connectivity index (χ3n) is 2.29. The van der Waals surface area contributed by atoms with Gasteiger partial charge in [0.05, 0.1) is 6.54 Å². The van der Waals surface area contributed by atoms with E-state index in [1.54, 1.807) is 4.90 Å². The van der Waals surface area contributed by atoms with Crippen LogP contribution in [0.2, 0.25) is 0 Å². The summed E-state index contributed by atoms with van der Waals surface area (Å²) in [5.41, 5.74) is 0.000135. The summed E-state index contributed by atoms with van der Waals surface area (Å²) in [6.07, 6.45) is 1.02. The van der Waals surface area contributed by atoms with Crippen LogP contribution in [0.4, 0.5) is 0 Å². The highest BCUT2D eigenvalue weighted by atomic mass is 16.2. The monoisotopic (exact) mass is 229 g/mol. The lowest BCUT2D eigenvalue weighted by Gasteiger charge is -2.23. The van der Waals surface area contributed by atoms with E-state index >= 15 is 0 Å². The molecule has 0 atom stereocenters. The van der Waals surface area contributed by atoms with Gasteiger partial charge in [-0.3, -0.25) is 4.79 Å². The number of amides is 1. The van der Waals surface area contributed by atoms with Gasteiger partial charge in [0.1, 0.15) is 0 Å². The molecule has 0 aliphatic rings. The quantitative estimate of drug-likeness (QED) is 0.731. The van der Waals surface area contributed by atoms with Gasteiger partial charge in [-0.05, 0) is 47.8 Å². The van der Waals surface area contributed by atoms with Crippen LogP contribution in [0.5, 0.6) is 0 Å². The Labute approximate surface area is 100.0 Å². The summed E-state index contributed by atoms with van der Waals surface area (Å²) in [5.74, 6) is 0.161. The maximum Gasteiger partial charge on any atom is 0.236 e. The minimum absolute atomic E-state index is 0.000135. The highest BCUT2D eigenvalue weighted by Gasteiger charge is 2.13. The summed E-state index contributed by atoms with van der Waals surface area (Å²) in [7, 11) is 5.95. The predicted molar refractivity (Wildman–Crippen MR) is 68.6 cm³/mol. The van der Waals surface area contributed by atoms with Crippen molar-refractivity contribution in [2.75, 3.05) is 40.8 Å². The highest BCUT2D eigenvalue weighted by Crippen LogP contribution is 1.98. The van der Waals surface area contributed by atoms with Crippen molar-refractivity contribution in [2.45, 2.75) is 32.7 Å². The van der Waals surface area contributed by atoms with Crippen molar-refractivity contribution < 1.29 is 4.79 Å². The maximum absolute atomic E-state index is 11.7. The largest absolute Gasteiger partial charge is 0.345 e. The zero-order valence-electron chi connectivity index (χ0n) is 11.6. The fraction of sp³-hybridized carbons (Fsp3) is 0.917. The molecule has 1 amide bonds. The van der Waals surface area contributed by atoms with Crippen LogP contribution in [-0.4, -0.2) is 62.0 Å². The molecule has 0 fully saturated rings. The average Bonchev–Trinajstić information content (AvgIpc) is 2.12. The van der Waals surface area contributed by atoms with Gasteiger partial charge in [-0.1, -0.05) is 0 Å². The molecule has 0 aromatic rings. The van der Waals surface area contributed by atoms with E-state index in [2.05, 4.69) is 31.0 Å². The van der Waals surface area contributed by atoms with Gasteiger partial charge in [-0.15, -0.1) is 0 Å². The molecular weight excluding hydrogens is 202 g/mol. The molecule has 1 N–H and O–H groups in total. The van der Waals surface area contributed by atoms with Crippen LogP contribution in [0.1, 0.15) is 27.2 Å². The Morgan fingerprint density at radius 3 is 2.12 bits per heavy atom. The number of carbonyl (C=O) groups is 1. The van der Waals surface area contributed by atoms with E-state index in [0.717, 1.165) is 19.5 Å². The van der Waals surface area contributed by atoms with Crippen molar-refractivity contribution >= 4 is 5.91 Å². The molecule has 0 unspecified atom stereocenters. The van der Waals surface area contributed by atoms with Crippen LogP contribution >= 0.6 is 0 Å². The van der Waals surface area contributed by atoms with Crippen molar-refractivity contribution in [3.05, 3.63) is 0 Å². The van der Waals surface area contributed by atoms with E-state index < -0.39 is 0 Å². The van der Waals surface area contributed by atoms with Crippen LogP contribution in [0.25, 0.3) is 0 Å². The number of nitrogens with one attached hydrogen (secondary N) is 1. The van der Waals surface area contributed by atoms with Gasteiger partial charge in [-0.25, -0.2) is 0 Å². The molecule has 96 valence electrons. The summed E-state index contributed by atoms with van der Waals surface area (Å²) in [6.45, 7) is 8.44. The molecule has 0 aromatic heterocycles. The molecule has 16 heavy (non-hydrogen) atoms. The van der Waals surface area contributed by atoms with E-state index in [9.17, 15) is 4.79 Å². The molecule has 0 radical (unpaired) electrons. The van der Waals surface area contributed by atoms with E-state index in [4.69, 9.17) is 0 Å². The van der Waals surface area contributed by atoms with Gasteiger partial charge < -0.3 is 15.1 Å². The SMILES string of the molecule is CN(C)CCCN(C)C(=O)CNC(C)(C)C. The average molecular weight is 229 g/mol. The fourth-order valence-electron chi connectivity index (χ4n) is 1.22. The van der Waals surface area contributed by atoms with Gasteiger partial charge in [-0.2, -0.15) is 0 Å². The fourth-order valence-corrected chi connectivity index (χ4v) is 1.22. The van der Waals surface area contributed by atoms with Crippen LogP contribution in [0, 0.1) is 0 Å². The lowest BCUT2D eigenvalue weighted by molar-refractivity contribution is -0.129. The Morgan fingerprint density at radius 2 is 1.69 bits per heavy atom. The van der Waals surface area contributed by atoms with Gasteiger partial charge in [0.2, 0.25) is 5.91 Å². The van der Waals surface area contributed by atoms with E-state index in [0.29, 0.717) is 6.54 Å². The zero-order chi connectivity index (χ0) is 12.8. The molecule has 0 aliphatic heterocycles. The Balaban J connectivity index is 3.74. The lowest BCUT2D eigenvalue weighted by Crippen LogP contribution is -2.44. The number of rotatable bonds is 6. The van der Waals surface area contributed by atoms with Gasteiger partial charge in [0, 0.05) is 19.1 Å². The van der Waals surface area contributed by atoms with Gasteiger partial charge >= 0.3 is 0 Å². The first-order valence-corrected chi connectivity index (χ1v) is 5.86. The standard InChI is InChI=1S/C12H27N3O/c1-12(2,3)13-10-11(16)15(6)9-7-8-14(4)5/h13H,7-10H2,1-6H3. The number of hydrogen-bond acceptors (Lipinski definition) is 3. The number of nitrogens with zero attached hydrogens (tertiary/aromatic N) is 2. The summed E-state index contributed by atoms with van der Waals surface area (Å²) in [5, 5.41) is 3.20. The Morgan fingerprint density at radius 1 is 1.12 bits per heavy atom. The topological polar surface area (TPSA) is 35.6 Å². The number of hydrogen-bond donors (Lipinski definition) is 1. The molecule has 0 aromatic carbocycles. The molecule has 0 saturated carbocycles. The molecule has 0 spiro atoms. The molecule has 0 aliphatic carbocycles. The summed E-state index contributed by atoms with van der Waals surface area (Å²) < 4.78 is 0. The number of likely N-dealkylation sites (N-methyl/N-ethyl adjacent to an activating group) is 1. The Kier molecular flexibility index (Phi) is 6.60. The van der Waals surface area contributed by atoms with E-state index in [-0.39, 0.29) is 11.4 Å². The Hall–Kier alpha value is -0.610. The molecule has 0 heterocycles. The molecule has 0 saturated heterocycles. The minimum atomic E-state index is 0.000135.